The molecule has 0 saturated carbocycles. The zero-order valence-corrected chi connectivity index (χ0v) is 14.9. The molecule has 2 aromatic carbocycles. The third-order valence-electron chi connectivity index (χ3n) is 3.48. The maximum atomic E-state index is 12.0. The van der Waals surface area contributed by atoms with E-state index >= 15 is 0 Å². The molecule has 0 aliphatic rings. The Hall–Kier alpha value is -2.53. The molecule has 1 atom stereocenters. The van der Waals surface area contributed by atoms with E-state index in [0.717, 1.165) is 5.56 Å². The third-order valence-corrected chi connectivity index (χ3v) is 3.83. The summed E-state index contributed by atoms with van der Waals surface area (Å²) >= 11 is 6.12. The van der Waals surface area contributed by atoms with Crippen molar-refractivity contribution in [3.8, 4) is 5.75 Å². The summed E-state index contributed by atoms with van der Waals surface area (Å²) in [6.07, 6.45) is 0. The predicted octanol–water partition coefficient (Wildman–Crippen LogP) is 3.77. The van der Waals surface area contributed by atoms with Crippen molar-refractivity contribution >= 4 is 23.5 Å². The molecule has 132 valence electrons. The molecule has 0 fully saturated rings. The summed E-state index contributed by atoms with van der Waals surface area (Å²) in [4.78, 5) is 23.6. The van der Waals surface area contributed by atoms with Crippen LogP contribution in [0.1, 0.15) is 35.8 Å². The number of amides is 1. The molecule has 25 heavy (non-hydrogen) atoms. The summed E-state index contributed by atoms with van der Waals surface area (Å²) < 4.78 is 10.3. The van der Waals surface area contributed by atoms with Crippen molar-refractivity contribution in [1.82, 2.24) is 5.32 Å². The van der Waals surface area contributed by atoms with Crippen LogP contribution in [0.4, 0.5) is 0 Å². The minimum atomic E-state index is -0.389. The molecule has 0 unspecified atom stereocenters. The van der Waals surface area contributed by atoms with E-state index in [-0.39, 0.29) is 24.5 Å². The molecule has 0 saturated heterocycles. The standard InChI is InChI=1S/C19H20ClNO4/c1-3-24-19(23)14-8-10-15(11-9-14)25-12-18(22)21-13(2)16-6-4-5-7-17(16)20/h4-11,13H,3,12H2,1-2H3,(H,21,22)/t13-/m1/s1. The van der Waals surface area contributed by atoms with E-state index in [9.17, 15) is 9.59 Å². The minimum absolute atomic E-state index is 0.131. The number of nitrogens with one attached hydrogen (secondary N) is 1. The first kappa shape index (κ1) is 18.8. The van der Waals surface area contributed by atoms with E-state index in [1.165, 1.54) is 0 Å². The lowest BCUT2D eigenvalue weighted by Crippen LogP contribution is -2.31. The van der Waals surface area contributed by atoms with Crippen molar-refractivity contribution in [2.24, 2.45) is 0 Å². The smallest absolute Gasteiger partial charge is 0.338 e. The van der Waals surface area contributed by atoms with Gasteiger partial charge in [-0.2, -0.15) is 0 Å². The summed E-state index contributed by atoms with van der Waals surface area (Å²) in [5, 5.41) is 3.43. The SMILES string of the molecule is CCOC(=O)c1ccc(OCC(=O)N[C@H](C)c2ccccc2Cl)cc1. The summed E-state index contributed by atoms with van der Waals surface area (Å²) in [7, 11) is 0. The van der Waals surface area contributed by atoms with Gasteiger partial charge in [0.15, 0.2) is 6.61 Å². The van der Waals surface area contributed by atoms with E-state index in [2.05, 4.69) is 5.32 Å². The van der Waals surface area contributed by atoms with Gasteiger partial charge in [0.1, 0.15) is 5.75 Å². The third kappa shape index (κ3) is 5.50. The van der Waals surface area contributed by atoms with Gasteiger partial charge in [-0.25, -0.2) is 4.79 Å². The van der Waals surface area contributed by atoms with Crippen LogP contribution >= 0.6 is 11.6 Å². The molecule has 0 spiro atoms. The number of ether oxygens (including phenoxy) is 2. The highest BCUT2D eigenvalue weighted by Gasteiger charge is 2.13. The fourth-order valence-electron chi connectivity index (χ4n) is 2.24. The Morgan fingerprint density at radius 1 is 1.12 bits per heavy atom. The zero-order valence-electron chi connectivity index (χ0n) is 14.1. The fraction of sp³-hybridized carbons (Fsp3) is 0.263. The molecule has 1 N–H and O–H groups in total. The van der Waals surface area contributed by atoms with Crippen LogP contribution in [0.15, 0.2) is 48.5 Å². The van der Waals surface area contributed by atoms with E-state index in [0.29, 0.717) is 22.9 Å². The number of esters is 1. The highest BCUT2D eigenvalue weighted by atomic mass is 35.5. The Morgan fingerprint density at radius 3 is 2.44 bits per heavy atom. The molecule has 0 bridgehead atoms. The van der Waals surface area contributed by atoms with Gasteiger partial charge in [0, 0.05) is 5.02 Å². The normalized spacial score (nSPS) is 11.5. The highest BCUT2D eigenvalue weighted by Crippen LogP contribution is 2.22. The zero-order chi connectivity index (χ0) is 18.2. The minimum Gasteiger partial charge on any atom is -0.484 e. The van der Waals surface area contributed by atoms with Crippen molar-refractivity contribution in [3.05, 3.63) is 64.7 Å². The topological polar surface area (TPSA) is 64.6 Å². The maximum Gasteiger partial charge on any atom is 0.338 e. The van der Waals surface area contributed by atoms with E-state index in [1.54, 1.807) is 37.3 Å². The van der Waals surface area contributed by atoms with Crippen molar-refractivity contribution < 1.29 is 19.1 Å². The van der Waals surface area contributed by atoms with Crippen molar-refractivity contribution in [1.29, 1.82) is 0 Å². The average molecular weight is 362 g/mol. The molecular weight excluding hydrogens is 342 g/mol. The Bertz CT molecular complexity index is 730. The molecule has 5 nitrogen and oxygen atoms in total. The van der Waals surface area contributed by atoms with Gasteiger partial charge in [-0.05, 0) is 49.7 Å². The van der Waals surface area contributed by atoms with Crippen molar-refractivity contribution in [2.45, 2.75) is 19.9 Å². The molecule has 0 heterocycles. The van der Waals surface area contributed by atoms with E-state index in [4.69, 9.17) is 21.1 Å². The molecule has 2 rings (SSSR count). The van der Waals surface area contributed by atoms with Gasteiger partial charge < -0.3 is 14.8 Å². The first-order valence-electron chi connectivity index (χ1n) is 7.95. The lowest BCUT2D eigenvalue weighted by Gasteiger charge is -2.16. The van der Waals surface area contributed by atoms with Crippen LogP contribution in [0.3, 0.4) is 0 Å². The summed E-state index contributed by atoms with van der Waals surface area (Å²) in [6.45, 7) is 3.79. The lowest BCUT2D eigenvalue weighted by atomic mass is 10.1. The second-order valence-electron chi connectivity index (χ2n) is 5.34. The van der Waals surface area contributed by atoms with E-state index < -0.39 is 0 Å². The average Bonchev–Trinajstić information content (AvgIpc) is 2.61. The molecule has 0 aliphatic carbocycles. The number of rotatable bonds is 7. The van der Waals surface area contributed by atoms with Gasteiger partial charge in [0.05, 0.1) is 18.2 Å². The largest absolute Gasteiger partial charge is 0.484 e. The number of halogens is 1. The highest BCUT2D eigenvalue weighted by molar-refractivity contribution is 6.31. The lowest BCUT2D eigenvalue weighted by molar-refractivity contribution is -0.123. The van der Waals surface area contributed by atoms with Crippen LogP contribution in [0.25, 0.3) is 0 Å². The Balaban J connectivity index is 1.85. The second-order valence-corrected chi connectivity index (χ2v) is 5.75. The summed E-state index contributed by atoms with van der Waals surface area (Å²) in [5.41, 5.74) is 1.28. The number of carbonyl (C=O) groups excluding carboxylic acids is 2. The van der Waals surface area contributed by atoms with Gasteiger partial charge >= 0.3 is 5.97 Å². The number of hydrogen-bond donors (Lipinski definition) is 1. The molecule has 1 amide bonds. The maximum absolute atomic E-state index is 12.0. The molecule has 2 aromatic rings. The van der Waals surface area contributed by atoms with Crippen LogP contribution in [0.2, 0.25) is 5.02 Å². The molecular formula is C19H20ClNO4. The molecule has 0 radical (unpaired) electrons. The Kier molecular flexibility index (Phi) is 6.83. The van der Waals surface area contributed by atoms with Gasteiger partial charge in [0.2, 0.25) is 0 Å². The number of hydrogen-bond acceptors (Lipinski definition) is 4. The van der Waals surface area contributed by atoms with Gasteiger partial charge in [-0.1, -0.05) is 29.8 Å². The van der Waals surface area contributed by atoms with Crippen LogP contribution in [-0.2, 0) is 9.53 Å². The Labute approximate surface area is 151 Å². The van der Waals surface area contributed by atoms with Crippen LogP contribution in [-0.4, -0.2) is 25.1 Å². The van der Waals surface area contributed by atoms with Crippen LogP contribution in [0.5, 0.6) is 5.75 Å². The quantitative estimate of drug-likeness (QED) is 0.762. The molecule has 0 aliphatic heterocycles. The first-order valence-corrected chi connectivity index (χ1v) is 8.32. The van der Waals surface area contributed by atoms with Gasteiger partial charge in [-0.15, -0.1) is 0 Å². The van der Waals surface area contributed by atoms with E-state index in [1.807, 2.05) is 25.1 Å². The monoisotopic (exact) mass is 361 g/mol. The van der Waals surface area contributed by atoms with Gasteiger partial charge in [0.25, 0.3) is 5.91 Å². The number of carbonyl (C=O) groups is 2. The van der Waals surface area contributed by atoms with Crippen molar-refractivity contribution in [2.75, 3.05) is 13.2 Å². The Morgan fingerprint density at radius 2 is 1.80 bits per heavy atom. The van der Waals surface area contributed by atoms with Crippen LogP contribution < -0.4 is 10.1 Å². The predicted molar refractivity (Wildman–Crippen MR) is 95.9 cm³/mol. The molecule has 0 aromatic heterocycles. The van der Waals surface area contributed by atoms with Gasteiger partial charge in [-0.3, -0.25) is 4.79 Å². The summed E-state index contributed by atoms with van der Waals surface area (Å²) in [5.74, 6) is -0.157. The second kappa shape index (κ2) is 9.08. The fourth-order valence-corrected chi connectivity index (χ4v) is 2.54. The number of benzene rings is 2. The first-order chi connectivity index (χ1) is 12.0. The van der Waals surface area contributed by atoms with Crippen LogP contribution in [0, 0.1) is 0 Å². The van der Waals surface area contributed by atoms with Crippen molar-refractivity contribution in [3.63, 3.8) is 0 Å². The summed E-state index contributed by atoms with van der Waals surface area (Å²) in [6, 6.07) is 13.6. The molecule has 6 heteroatoms.